The number of anilines is 1. The lowest BCUT2D eigenvalue weighted by molar-refractivity contribution is 0.0517. The van der Waals surface area contributed by atoms with Crippen LogP contribution in [0.2, 0.25) is 0 Å². The Balaban J connectivity index is 1.56. The average Bonchev–Trinajstić information content (AvgIpc) is 3.08. The summed E-state index contributed by atoms with van der Waals surface area (Å²) in [5.41, 5.74) is 1.67. The van der Waals surface area contributed by atoms with Crippen molar-refractivity contribution >= 4 is 27.5 Å². The molecule has 1 heterocycles. The second-order valence-corrected chi connectivity index (χ2v) is 8.31. The van der Waals surface area contributed by atoms with Gasteiger partial charge in [-0.05, 0) is 48.5 Å². The molecule has 0 N–H and O–H groups in total. The molecular formula is C23H20N2O5S. The smallest absolute Gasteiger partial charge is 0.338 e. The highest BCUT2D eigenvalue weighted by molar-refractivity contribution is 7.90. The van der Waals surface area contributed by atoms with Gasteiger partial charge in [-0.15, -0.1) is 4.40 Å². The Hall–Kier alpha value is -3.65. The van der Waals surface area contributed by atoms with Gasteiger partial charge < -0.3 is 14.4 Å². The number of methoxy groups -OCH3 is 1. The van der Waals surface area contributed by atoms with Gasteiger partial charge in [-0.2, -0.15) is 8.42 Å². The number of para-hydroxylation sites is 1. The molecule has 3 aromatic rings. The van der Waals surface area contributed by atoms with Gasteiger partial charge >= 0.3 is 5.97 Å². The van der Waals surface area contributed by atoms with Crippen LogP contribution in [0.15, 0.2) is 88.2 Å². The van der Waals surface area contributed by atoms with Crippen LogP contribution in [0.1, 0.15) is 15.9 Å². The van der Waals surface area contributed by atoms with E-state index < -0.39 is 16.0 Å². The predicted octanol–water partition coefficient (Wildman–Crippen LogP) is 3.51. The van der Waals surface area contributed by atoms with Crippen molar-refractivity contribution in [2.24, 2.45) is 4.40 Å². The van der Waals surface area contributed by atoms with E-state index in [0.29, 0.717) is 22.7 Å². The van der Waals surface area contributed by atoms with Crippen LogP contribution in [0, 0.1) is 0 Å². The summed E-state index contributed by atoms with van der Waals surface area (Å²) in [6.07, 6.45) is 0. The molecule has 3 aromatic carbocycles. The summed E-state index contributed by atoms with van der Waals surface area (Å²) >= 11 is 0. The number of nitrogens with zero attached hydrogens (tertiary/aromatic N) is 2. The molecule has 0 atom stereocenters. The topological polar surface area (TPSA) is 85.3 Å². The van der Waals surface area contributed by atoms with E-state index in [4.69, 9.17) is 9.47 Å². The number of hydrogen-bond donors (Lipinski definition) is 0. The van der Waals surface area contributed by atoms with Crippen molar-refractivity contribution in [3.05, 3.63) is 90.0 Å². The van der Waals surface area contributed by atoms with Gasteiger partial charge in [0.15, 0.2) is 5.84 Å². The van der Waals surface area contributed by atoms with Crippen LogP contribution in [0.4, 0.5) is 5.69 Å². The number of amidine groups is 1. The molecule has 4 rings (SSSR count). The van der Waals surface area contributed by atoms with Crippen LogP contribution < -0.4 is 9.64 Å². The fourth-order valence-corrected chi connectivity index (χ4v) is 4.50. The van der Waals surface area contributed by atoms with Crippen LogP contribution in [-0.4, -0.2) is 40.5 Å². The van der Waals surface area contributed by atoms with Crippen molar-refractivity contribution in [3.8, 4) is 5.75 Å². The maximum Gasteiger partial charge on any atom is 0.338 e. The molecule has 158 valence electrons. The summed E-state index contributed by atoms with van der Waals surface area (Å²) in [5, 5.41) is 0. The molecular weight excluding hydrogens is 416 g/mol. The standard InChI is InChI=1S/C23H20N2O5S/c1-29-19-13-11-17(12-14-19)23(26)30-16-15-25(18-7-3-2-4-8-18)22-20-9-5-6-10-21(20)31(27,28)24-22/h2-14H,15-16H2,1H3. The van der Waals surface area contributed by atoms with Gasteiger partial charge in [0.2, 0.25) is 0 Å². The summed E-state index contributed by atoms with van der Waals surface area (Å²) < 4.78 is 39.5. The van der Waals surface area contributed by atoms with E-state index in [9.17, 15) is 13.2 Å². The Morgan fingerprint density at radius 1 is 0.935 bits per heavy atom. The minimum Gasteiger partial charge on any atom is -0.497 e. The Labute approximate surface area is 180 Å². The molecule has 8 heteroatoms. The molecule has 0 spiro atoms. The van der Waals surface area contributed by atoms with Gasteiger partial charge in [0, 0.05) is 11.3 Å². The minimum absolute atomic E-state index is 0.0427. The van der Waals surface area contributed by atoms with Crippen molar-refractivity contribution in [1.29, 1.82) is 0 Å². The summed E-state index contributed by atoms with van der Waals surface area (Å²) in [6.45, 7) is 0.273. The van der Waals surface area contributed by atoms with Gasteiger partial charge in [0.25, 0.3) is 10.0 Å². The molecule has 1 aliphatic heterocycles. The van der Waals surface area contributed by atoms with Crippen molar-refractivity contribution in [1.82, 2.24) is 0 Å². The van der Waals surface area contributed by atoms with Gasteiger partial charge in [0.05, 0.1) is 19.2 Å². The fraction of sp³-hybridized carbons (Fsp3) is 0.130. The van der Waals surface area contributed by atoms with E-state index in [1.807, 2.05) is 30.3 Å². The monoisotopic (exact) mass is 436 g/mol. The lowest BCUT2D eigenvalue weighted by atomic mass is 10.1. The summed E-state index contributed by atoms with van der Waals surface area (Å²) in [5.74, 6) is 0.477. The van der Waals surface area contributed by atoms with Crippen LogP contribution >= 0.6 is 0 Å². The molecule has 0 bridgehead atoms. The molecule has 1 aliphatic rings. The molecule has 0 saturated heterocycles. The van der Waals surface area contributed by atoms with Crippen LogP contribution in [0.3, 0.4) is 0 Å². The molecule has 7 nitrogen and oxygen atoms in total. The summed E-state index contributed by atoms with van der Waals surface area (Å²) in [4.78, 5) is 14.3. The minimum atomic E-state index is -3.77. The predicted molar refractivity (Wildman–Crippen MR) is 117 cm³/mol. The highest BCUT2D eigenvalue weighted by Gasteiger charge is 2.32. The molecule has 0 saturated carbocycles. The third kappa shape index (κ3) is 4.29. The van der Waals surface area contributed by atoms with Gasteiger partial charge in [-0.3, -0.25) is 0 Å². The second-order valence-electron chi connectivity index (χ2n) is 6.74. The van der Waals surface area contributed by atoms with E-state index in [2.05, 4.69) is 4.40 Å². The summed E-state index contributed by atoms with van der Waals surface area (Å²) in [6, 6.07) is 22.6. The Kier molecular flexibility index (Phi) is 5.73. The third-order valence-electron chi connectivity index (χ3n) is 4.81. The van der Waals surface area contributed by atoms with Crippen LogP contribution in [0.25, 0.3) is 0 Å². The zero-order chi connectivity index (χ0) is 21.8. The van der Waals surface area contributed by atoms with Crippen molar-refractivity contribution in [2.45, 2.75) is 4.90 Å². The summed E-state index contributed by atoms with van der Waals surface area (Å²) in [7, 11) is -2.22. The van der Waals surface area contributed by atoms with E-state index >= 15 is 0 Å². The second kappa shape index (κ2) is 8.61. The van der Waals surface area contributed by atoms with Crippen molar-refractivity contribution in [2.75, 3.05) is 25.2 Å². The SMILES string of the molecule is COc1ccc(C(=O)OCCN(C2=NS(=O)(=O)c3ccccc32)c2ccccc2)cc1. The quantitative estimate of drug-likeness (QED) is 0.550. The van der Waals surface area contributed by atoms with E-state index in [-0.39, 0.29) is 18.0 Å². The number of esters is 1. The Bertz CT molecular complexity index is 1220. The third-order valence-corrected chi connectivity index (χ3v) is 6.13. The number of fused-ring (bicyclic) bond motifs is 1. The van der Waals surface area contributed by atoms with E-state index in [1.165, 1.54) is 6.07 Å². The number of carbonyl (C=O) groups is 1. The van der Waals surface area contributed by atoms with Gasteiger partial charge in [0.1, 0.15) is 17.3 Å². The molecule has 0 radical (unpaired) electrons. The first-order chi connectivity index (χ1) is 15.0. The first kappa shape index (κ1) is 20.6. The number of ether oxygens (including phenoxy) is 2. The number of benzene rings is 3. The number of sulfonamides is 1. The van der Waals surface area contributed by atoms with Crippen molar-refractivity contribution < 1.29 is 22.7 Å². The van der Waals surface area contributed by atoms with Gasteiger partial charge in [-0.25, -0.2) is 4.79 Å². The van der Waals surface area contributed by atoms with Crippen LogP contribution in [-0.2, 0) is 14.8 Å². The lowest BCUT2D eigenvalue weighted by Gasteiger charge is -2.24. The average molecular weight is 436 g/mol. The zero-order valence-electron chi connectivity index (χ0n) is 16.8. The van der Waals surface area contributed by atoms with E-state index in [0.717, 1.165) is 5.69 Å². The highest BCUT2D eigenvalue weighted by Crippen LogP contribution is 2.29. The fourth-order valence-electron chi connectivity index (χ4n) is 3.29. The largest absolute Gasteiger partial charge is 0.497 e. The van der Waals surface area contributed by atoms with Gasteiger partial charge in [-0.1, -0.05) is 30.3 Å². The number of carbonyl (C=O) groups excluding carboxylic acids is 1. The molecule has 0 aromatic heterocycles. The molecule has 0 aliphatic carbocycles. The lowest BCUT2D eigenvalue weighted by Crippen LogP contribution is -2.34. The maximum atomic E-state index is 12.5. The van der Waals surface area contributed by atoms with Crippen molar-refractivity contribution in [3.63, 3.8) is 0 Å². The normalized spacial score (nSPS) is 13.8. The molecule has 0 unspecified atom stereocenters. The number of hydrogen-bond acceptors (Lipinski definition) is 6. The van der Waals surface area contributed by atoms with E-state index in [1.54, 1.807) is 54.5 Å². The molecule has 31 heavy (non-hydrogen) atoms. The van der Waals surface area contributed by atoms with Crippen LogP contribution in [0.5, 0.6) is 5.75 Å². The Morgan fingerprint density at radius 2 is 1.61 bits per heavy atom. The molecule has 0 amide bonds. The first-order valence-electron chi connectivity index (χ1n) is 9.58. The maximum absolute atomic E-state index is 12.5. The first-order valence-corrected chi connectivity index (χ1v) is 11.0. The Morgan fingerprint density at radius 3 is 2.32 bits per heavy atom. The number of rotatable bonds is 6. The zero-order valence-corrected chi connectivity index (χ0v) is 17.6. The highest BCUT2D eigenvalue weighted by atomic mass is 32.2. The molecule has 0 fully saturated rings.